The molecule has 0 amide bonds. The van der Waals surface area contributed by atoms with Gasteiger partial charge in [0, 0.05) is 12.0 Å². The Labute approximate surface area is 77.3 Å². The maximum atomic E-state index is 3.34. The molecule has 0 rings (SSSR count). The third-order valence-corrected chi connectivity index (χ3v) is 2.91. The highest BCUT2D eigenvalue weighted by Gasteiger charge is 2.32. The summed E-state index contributed by atoms with van der Waals surface area (Å²) in [5.41, 5.74) is 0.577. The largest absolute Gasteiger partial charge is 0.335 e. The summed E-state index contributed by atoms with van der Waals surface area (Å²) in [5.74, 6) is 0. The normalized spacial score (nSPS) is 14.0. The Balaban J connectivity index is 4.23. The van der Waals surface area contributed by atoms with Crippen molar-refractivity contribution in [2.45, 2.75) is 45.2 Å². The highest BCUT2D eigenvalue weighted by molar-refractivity contribution is 4.83. The topological polar surface area (TPSA) is 16.5 Å². The summed E-state index contributed by atoms with van der Waals surface area (Å²) in [6.45, 7) is 9.11. The second kappa shape index (κ2) is 3.75. The van der Waals surface area contributed by atoms with Crippen molar-refractivity contribution >= 4 is 0 Å². The smallest absolute Gasteiger partial charge is 0.0933 e. The van der Waals surface area contributed by atoms with E-state index in [1.807, 2.05) is 7.05 Å². The fourth-order valence-corrected chi connectivity index (χ4v) is 1.37. The zero-order valence-electron chi connectivity index (χ0n) is 9.71. The van der Waals surface area contributed by atoms with Crippen LogP contribution in [0.15, 0.2) is 0 Å². The first-order valence-corrected chi connectivity index (χ1v) is 4.71. The van der Waals surface area contributed by atoms with Gasteiger partial charge >= 0.3 is 0 Å². The molecule has 0 bridgehead atoms. The monoisotopic (exact) mass is 173 g/mol. The molecular weight excluding hydrogens is 148 g/mol. The molecule has 0 fully saturated rings. The predicted molar refractivity (Wildman–Crippen MR) is 54.6 cm³/mol. The number of rotatable bonds is 4. The van der Waals surface area contributed by atoms with Gasteiger partial charge in [-0.25, -0.2) is 0 Å². The molecule has 0 radical (unpaired) electrons. The van der Waals surface area contributed by atoms with Crippen molar-refractivity contribution in [3.05, 3.63) is 0 Å². The summed E-state index contributed by atoms with van der Waals surface area (Å²) in [5, 5.41) is 3.34. The van der Waals surface area contributed by atoms with Gasteiger partial charge in [-0.15, -0.1) is 0 Å². The van der Waals surface area contributed by atoms with Crippen LogP contribution in [0.4, 0.5) is 0 Å². The fraction of sp³-hybridized carbons (Fsp3) is 1.00. The average molecular weight is 173 g/mol. The first-order chi connectivity index (χ1) is 5.21. The van der Waals surface area contributed by atoms with Crippen molar-refractivity contribution in [1.29, 1.82) is 0 Å². The summed E-state index contributed by atoms with van der Waals surface area (Å²) in [6.07, 6.45) is 1.18. The van der Waals surface area contributed by atoms with Crippen molar-refractivity contribution in [3.63, 3.8) is 0 Å². The van der Waals surface area contributed by atoms with Crippen molar-refractivity contribution in [3.8, 4) is 0 Å². The SMILES string of the molecule is CNC(C)(C)CC(C)(C)[NH+](C)C. The molecule has 0 saturated carbocycles. The Kier molecular flexibility index (Phi) is 3.73. The third-order valence-electron chi connectivity index (χ3n) is 2.91. The number of nitrogens with one attached hydrogen (secondary N) is 2. The molecule has 0 saturated heterocycles. The number of hydrogen-bond acceptors (Lipinski definition) is 1. The predicted octanol–water partition coefficient (Wildman–Crippen LogP) is 0.298. The van der Waals surface area contributed by atoms with E-state index >= 15 is 0 Å². The molecule has 2 N–H and O–H groups in total. The van der Waals surface area contributed by atoms with E-state index in [0.717, 1.165) is 0 Å². The molecule has 0 aliphatic carbocycles. The van der Waals surface area contributed by atoms with Gasteiger partial charge in [0.2, 0.25) is 0 Å². The molecule has 0 atom stereocenters. The Hall–Kier alpha value is -0.0800. The molecule has 0 aromatic rings. The van der Waals surface area contributed by atoms with Crippen LogP contribution in [0.5, 0.6) is 0 Å². The van der Waals surface area contributed by atoms with Gasteiger partial charge < -0.3 is 10.2 Å². The third kappa shape index (κ3) is 3.55. The molecule has 0 aromatic heterocycles. The van der Waals surface area contributed by atoms with E-state index in [1.54, 1.807) is 0 Å². The molecule has 0 aliphatic heterocycles. The van der Waals surface area contributed by atoms with E-state index in [-0.39, 0.29) is 5.54 Å². The van der Waals surface area contributed by atoms with E-state index in [2.05, 4.69) is 47.1 Å². The first kappa shape index (κ1) is 11.9. The van der Waals surface area contributed by atoms with Crippen LogP contribution in [0.3, 0.4) is 0 Å². The molecule has 0 unspecified atom stereocenters. The molecule has 2 heteroatoms. The lowest BCUT2D eigenvalue weighted by molar-refractivity contribution is -0.911. The Bertz CT molecular complexity index is 137. The van der Waals surface area contributed by atoms with Crippen molar-refractivity contribution < 1.29 is 4.90 Å². The first-order valence-electron chi connectivity index (χ1n) is 4.71. The summed E-state index contributed by atoms with van der Waals surface area (Å²) in [7, 11) is 6.46. The van der Waals surface area contributed by atoms with E-state index in [0.29, 0.717) is 5.54 Å². The van der Waals surface area contributed by atoms with Gasteiger partial charge in [0.1, 0.15) is 0 Å². The minimum atomic E-state index is 0.237. The van der Waals surface area contributed by atoms with Gasteiger partial charge in [-0.1, -0.05) is 0 Å². The quantitative estimate of drug-likeness (QED) is 0.625. The molecule has 0 aliphatic rings. The maximum absolute atomic E-state index is 3.34. The standard InChI is InChI=1S/C10H24N2/c1-9(2,11-5)8-10(3,4)12(6)7/h11H,8H2,1-7H3/p+1. The summed E-state index contributed by atoms with van der Waals surface area (Å²) in [6, 6.07) is 0. The highest BCUT2D eigenvalue weighted by Crippen LogP contribution is 2.16. The molecule has 0 heterocycles. The van der Waals surface area contributed by atoms with Gasteiger partial charge in [0.25, 0.3) is 0 Å². The summed E-state index contributed by atoms with van der Waals surface area (Å²) >= 11 is 0. The lowest BCUT2D eigenvalue weighted by Crippen LogP contribution is -3.14. The molecule has 2 nitrogen and oxygen atoms in total. The van der Waals surface area contributed by atoms with Crippen LogP contribution in [0.1, 0.15) is 34.1 Å². The number of quaternary nitrogens is 1. The highest BCUT2D eigenvalue weighted by atomic mass is 15.1. The number of hydrogen-bond donors (Lipinski definition) is 2. The van der Waals surface area contributed by atoms with Crippen LogP contribution in [0.2, 0.25) is 0 Å². The zero-order valence-corrected chi connectivity index (χ0v) is 9.71. The minimum absolute atomic E-state index is 0.237. The Morgan fingerprint density at radius 3 is 1.75 bits per heavy atom. The summed E-state index contributed by atoms with van der Waals surface area (Å²) < 4.78 is 0. The van der Waals surface area contributed by atoms with Gasteiger partial charge in [0.15, 0.2) is 0 Å². The van der Waals surface area contributed by atoms with Crippen LogP contribution >= 0.6 is 0 Å². The van der Waals surface area contributed by atoms with E-state index < -0.39 is 0 Å². The van der Waals surface area contributed by atoms with E-state index in [4.69, 9.17) is 0 Å². The second-order valence-electron chi connectivity index (χ2n) is 5.19. The molecule has 0 aromatic carbocycles. The zero-order chi connectivity index (χ0) is 9.99. The van der Waals surface area contributed by atoms with Gasteiger partial charge in [-0.3, -0.25) is 0 Å². The van der Waals surface area contributed by atoms with Crippen molar-refractivity contribution in [2.24, 2.45) is 0 Å². The minimum Gasteiger partial charge on any atom is -0.335 e. The van der Waals surface area contributed by atoms with Crippen molar-refractivity contribution in [2.75, 3.05) is 21.1 Å². The lowest BCUT2D eigenvalue weighted by atomic mass is 9.86. The van der Waals surface area contributed by atoms with Crippen molar-refractivity contribution in [1.82, 2.24) is 5.32 Å². The van der Waals surface area contributed by atoms with Crippen LogP contribution in [-0.4, -0.2) is 32.2 Å². The summed E-state index contributed by atoms with van der Waals surface area (Å²) in [4.78, 5) is 1.51. The van der Waals surface area contributed by atoms with Gasteiger partial charge in [-0.05, 0) is 34.7 Å². The Morgan fingerprint density at radius 1 is 1.08 bits per heavy atom. The fourth-order valence-electron chi connectivity index (χ4n) is 1.37. The van der Waals surface area contributed by atoms with Crippen LogP contribution < -0.4 is 10.2 Å². The van der Waals surface area contributed by atoms with Gasteiger partial charge in [0.05, 0.1) is 19.6 Å². The lowest BCUT2D eigenvalue weighted by Gasteiger charge is -2.36. The molecule has 0 spiro atoms. The molecular formula is C10H25N2+. The van der Waals surface area contributed by atoms with Crippen LogP contribution in [-0.2, 0) is 0 Å². The molecule has 74 valence electrons. The molecule has 12 heavy (non-hydrogen) atoms. The van der Waals surface area contributed by atoms with Crippen LogP contribution in [0, 0.1) is 0 Å². The average Bonchev–Trinajstić information content (AvgIpc) is 1.85. The second-order valence-corrected chi connectivity index (χ2v) is 5.19. The van der Waals surface area contributed by atoms with E-state index in [9.17, 15) is 0 Å². The van der Waals surface area contributed by atoms with E-state index in [1.165, 1.54) is 11.3 Å². The Morgan fingerprint density at radius 2 is 1.50 bits per heavy atom. The van der Waals surface area contributed by atoms with Crippen LogP contribution in [0.25, 0.3) is 0 Å². The maximum Gasteiger partial charge on any atom is 0.0933 e. The van der Waals surface area contributed by atoms with Gasteiger partial charge in [-0.2, -0.15) is 0 Å².